The molecule has 110 valence electrons. The van der Waals surface area contributed by atoms with Gasteiger partial charge in [-0.2, -0.15) is 0 Å². The topological polar surface area (TPSA) is 66.5 Å². The molecule has 0 aliphatic carbocycles. The van der Waals surface area contributed by atoms with E-state index in [9.17, 15) is 13.2 Å². The van der Waals surface area contributed by atoms with Crippen LogP contribution in [0.15, 0.2) is 23.1 Å². The average Bonchev–Trinajstić information content (AvgIpc) is 2.35. The van der Waals surface area contributed by atoms with Gasteiger partial charge in [0.2, 0.25) is 15.9 Å². The molecule has 1 aliphatic heterocycles. The second-order valence-electron chi connectivity index (χ2n) is 5.69. The van der Waals surface area contributed by atoms with E-state index in [1.54, 1.807) is 37.1 Å². The Balaban J connectivity index is 2.59. The van der Waals surface area contributed by atoms with E-state index in [2.05, 4.69) is 4.72 Å². The summed E-state index contributed by atoms with van der Waals surface area (Å²) in [4.78, 5) is 13.8. The first-order valence-corrected chi connectivity index (χ1v) is 8.08. The van der Waals surface area contributed by atoms with Gasteiger partial charge in [0, 0.05) is 31.1 Å². The molecule has 1 aromatic carbocycles. The smallest absolute Gasteiger partial charge is 0.240 e. The number of benzene rings is 1. The van der Waals surface area contributed by atoms with Gasteiger partial charge in [0.05, 0.1) is 4.90 Å². The molecule has 0 radical (unpaired) electrons. The summed E-state index contributed by atoms with van der Waals surface area (Å²) in [5.74, 6) is 0.0461. The normalized spacial score (nSPS) is 18.0. The minimum absolute atomic E-state index is 0.0461. The standard InChI is InChI=1S/C14H20N2O3S/c1-5-15-20(18,19)10-6-7-12-11(8-10)14(2,3)9-13(17)16(12)4/h6-8,15H,5,9H2,1-4H3. The fourth-order valence-electron chi connectivity index (χ4n) is 2.52. The third-order valence-electron chi connectivity index (χ3n) is 3.67. The Hall–Kier alpha value is -1.40. The number of amides is 1. The summed E-state index contributed by atoms with van der Waals surface area (Å²) in [5.41, 5.74) is 1.30. The van der Waals surface area contributed by atoms with Gasteiger partial charge in [0.25, 0.3) is 0 Å². The molecule has 20 heavy (non-hydrogen) atoms. The molecule has 0 bridgehead atoms. The molecule has 0 spiro atoms. The van der Waals surface area contributed by atoms with Crippen molar-refractivity contribution >= 4 is 21.6 Å². The molecule has 1 heterocycles. The van der Waals surface area contributed by atoms with Crippen LogP contribution in [0.2, 0.25) is 0 Å². The van der Waals surface area contributed by atoms with E-state index in [1.165, 1.54) is 0 Å². The van der Waals surface area contributed by atoms with Crippen LogP contribution in [0.5, 0.6) is 0 Å². The Labute approximate surface area is 120 Å². The zero-order chi connectivity index (χ0) is 15.1. The maximum atomic E-state index is 12.1. The van der Waals surface area contributed by atoms with Crippen molar-refractivity contribution in [3.8, 4) is 0 Å². The van der Waals surface area contributed by atoms with Crippen LogP contribution in [0.3, 0.4) is 0 Å². The molecule has 0 aromatic heterocycles. The van der Waals surface area contributed by atoms with Crippen molar-refractivity contribution in [2.24, 2.45) is 0 Å². The quantitative estimate of drug-likeness (QED) is 0.922. The Kier molecular flexibility index (Phi) is 3.64. The SMILES string of the molecule is CCNS(=O)(=O)c1ccc2c(c1)C(C)(C)CC(=O)N2C. The van der Waals surface area contributed by atoms with Crippen LogP contribution in [0, 0.1) is 0 Å². The van der Waals surface area contributed by atoms with Crippen LogP contribution < -0.4 is 9.62 Å². The molecule has 1 N–H and O–H groups in total. The first-order chi connectivity index (χ1) is 9.19. The highest BCUT2D eigenvalue weighted by atomic mass is 32.2. The Bertz CT molecular complexity index is 650. The first kappa shape index (κ1) is 15.0. The van der Waals surface area contributed by atoms with Gasteiger partial charge in [-0.05, 0) is 23.8 Å². The van der Waals surface area contributed by atoms with E-state index in [0.717, 1.165) is 11.3 Å². The zero-order valence-electron chi connectivity index (χ0n) is 12.2. The van der Waals surface area contributed by atoms with Crippen molar-refractivity contribution in [1.29, 1.82) is 0 Å². The number of rotatable bonds is 3. The first-order valence-electron chi connectivity index (χ1n) is 6.60. The van der Waals surface area contributed by atoms with Crippen LogP contribution in [-0.2, 0) is 20.2 Å². The summed E-state index contributed by atoms with van der Waals surface area (Å²) < 4.78 is 26.7. The minimum atomic E-state index is -3.48. The summed E-state index contributed by atoms with van der Waals surface area (Å²) in [6.07, 6.45) is 0.376. The molecule has 1 aromatic rings. The average molecular weight is 296 g/mol. The number of hydrogen-bond donors (Lipinski definition) is 1. The lowest BCUT2D eigenvalue weighted by Crippen LogP contribution is -2.39. The lowest BCUT2D eigenvalue weighted by Gasteiger charge is -2.37. The van der Waals surface area contributed by atoms with Gasteiger partial charge in [-0.15, -0.1) is 0 Å². The zero-order valence-corrected chi connectivity index (χ0v) is 13.0. The summed E-state index contributed by atoms with van der Waals surface area (Å²) in [6.45, 7) is 6.01. The Morgan fingerprint density at radius 3 is 2.60 bits per heavy atom. The number of anilines is 1. The van der Waals surface area contributed by atoms with Gasteiger partial charge in [0.15, 0.2) is 0 Å². The number of nitrogens with zero attached hydrogens (tertiary/aromatic N) is 1. The molecule has 0 unspecified atom stereocenters. The fourth-order valence-corrected chi connectivity index (χ4v) is 3.58. The number of carbonyl (C=O) groups excluding carboxylic acids is 1. The second-order valence-corrected chi connectivity index (χ2v) is 7.46. The molecule has 6 heteroatoms. The molecule has 0 saturated heterocycles. The summed E-state index contributed by atoms with van der Waals surface area (Å²) in [6, 6.07) is 4.93. The summed E-state index contributed by atoms with van der Waals surface area (Å²) in [7, 11) is -1.76. The van der Waals surface area contributed by atoms with Crippen molar-refractivity contribution in [1.82, 2.24) is 4.72 Å². The maximum Gasteiger partial charge on any atom is 0.240 e. The van der Waals surface area contributed by atoms with Crippen molar-refractivity contribution < 1.29 is 13.2 Å². The van der Waals surface area contributed by atoms with E-state index in [4.69, 9.17) is 0 Å². The van der Waals surface area contributed by atoms with E-state index in [1.807, 2.05) is 13.8 Å². The van der Waals surface area contributed by atoms with Gasteiger partial charge in [-0.1, -0.05) is 20.8 Å². The molecule has 2 rings (SSSR count). The van der Waals surface area contributed by atoms with E-state index < -0.39 is 10.0 Å². The van der Waals surface area contributed by atoms with Crippen LogP contribution in [0.25, 0.3) is 0 Å². The highest BCUT2D eigenvalue weighted by Gasteiger charge is 2.35. The number of hydrogen-bond acceptors (Lipinski definition) is 3. The van der Waals surface area contributed by atoms with Gasteiger partial charge < -0.3 is 4.90 Å². The van der Waals surface area contributed by atoms with Crippen LogP contribution >= 0.6 is 0 Å². The van der Waals surface area contributed by atoms with Gasteiger partial charge in [-0.3, -0.25) is 4.79 Å². The Morgan fingerprint density at radius 2 is 2.00 bits per heavy atom. The maximum absolute atomic E-state index is 12.1. The number of sulfonamides is 1. The molecule has 0 fully saturated rings. The number of nitrogens with one attached hydrogen (secondary N) is 1. The van der Waals surface area contributed by atoms with Crippen molar-refractivity contribution in [2.45, 2.75) is 37.5 Å². The fraction of sp³-hybridized carbons (Fsp3) is 0.500. The van der Waals surface area contributed by atoms with Crippen LogP contribution in [0.4, 0.5) is 5.69 Å². The van der Waals surface area contributed by atoms with Crippen molar-refractivity contribution in [2.75, 3.05) is 18.5 Å². The van der Waals surface area contributed by atoms with Crippen LogP contribution in [-0.4, -0.2) is 27.9 Å². The summed E-state index contributed by atoms with van der Waals surface area (Å²) >= 11 is 0. The Morgan fingerprint density at radius 1 is 1.35 bits per heavy atom. The second kappa shape index (κ2) is 4.86. The van der Waals surface area contributed by atoms with Gasteiger partial charge >= 0.3 is 0 Å². The molecule has 0 atom stereocenters. The van der Waals surface area contributed by atoms with Crippen molar-refractivity contribution in [3.63, 3.8) is 0 Å². The lowest BCUT2D eigenvalue weighted by molar-refractivity contribution is -0.119. The predicted octanol–water partition coefficient (Wildman–Crippen LogP) is 1.63. The minimum Gasteiger partial charge on any atom is -0.315 e. The monoisotopic (exact) mass is 296 g/mol. The molecular weight excluding hydrogens is 276 g/mol. The van der Waals surface area contributed by atoms with E-state index in [0.29, 0.717) is 13.0 Å². The van der Waals surface area contributed by atoms with E-state index in [-0.39, 0.29) is 16.2 Å². The van der Waals surface area contributed by atoms with Crippen molar-refractivity contribution in [3.05, 3.63) is 23.8 Å². The number of fused-ring (bicyclic) bond motifs is 1. The third kappa shape index (κ3) is 2.45. The summed E-state index contributed by atoms with van der Waals surface area (Å²) in [5, 5.41) is 0. The molecule has 0 saturated carbocycles. The van der Waals surface area contributed by atoms with Gasteiger partial charge in [0.1, 0.15) is 0 Å². The molecular formula is C14H20N2O3S. The van der Waals surface area contributed by atoms with Gasteiger partial charge in [-0.25, -0.2) is 13.1 Å². The molecule has 5 nitrogen and oxygen atoms in total. The highest BCUT2D eigenvalue weighted by Crippen LogP contribution is 2.40. The number of carbonyl (C=O) groups is 1. The highest BCUT2D eigenvalue weighted by molar-refractivity contribution is 7.89. The lowest BCUT2D eigenvalue weighted by atomic mass is 9.77. The van der Waals surface area contributed by atoms with Crippen LogP contribution in [0.1, 0.15) is 32.8 Å². The van der Waals surface area contributed by atoms with E-state index >= 15 is 0 Å². The molecule has 1 aliphatic rings. The predicted molar refractivity (Wildman–Crippen MR) is 78.4 cm³/mol. The largest absolute Gasteiger partial charge is 0.315 e. The molecule has 1 amide bonds. The third-order valence-corrected chi connectivity index (χ3v) is 5.21.